The van der Waals surface area contributed by atoms with E-state index in [4.69, 9.17) is 9.84 Å². The molecule has 0 heterocycles. The second-order valence-corrected chi connectivity index (χ2v) is 3.88. The maximum absolute atomic E-state index is 11.1. The molecule has 0 aliphatic carbocycles. The van der Waals surface area contributed by atoms with E-state index < -0.39 is 12.0 Å². The van der Waals surface area contributed by atoms with Crippen LogP contribution in [0.1, 0.15) is 20.3 Å². The van der Waals surface area contributed by atoms with Gasteiger partial charge in [-0.1, -0.05) is 19.1 Å². The van der Waals surface area contributed by atoms with E-state index in [1.165, 1.54) is 0 Å². The highest BCUT2D eigenvalue weighted by atomic mass is 16.5. The molecule has 1 rings (SSSR count). The monoisotopic (exact) mass is 237 g/mol. The lowest BCUT2D eigenvalue weighted by molar-refractivity contribution is -0.138. The Morgan fingerprint density at radius 2 is 2.12 bits per heavy atom. The molecule has 17 heavy (non-hydrogen) atoms. The lowest BCUT2D eigenvalue weighted by atomic mass is 10.2. The summed E-state index contributed by atoms with van der Waals surface area (Å²) >= 11 is 0. The number of hydrogen-bond donors (Lipinski definition) is 1. The van der Waals surface area contributed by atoms with Crippen LogP contribution >= 0.6 is 0 Å². The van der Waals surface area contributed by atoms with Gasteiger partial charge in [0.1, 0.15) is 11.8 Å². The molecule has 1 atom stereocenters. The summed E-state index contributed by atoms with van der Waals surface area (Å²) in [6.45, 7) is 4.40. The van der Waals surface area contributed by atoms with Crippen molar-refractivity contribution in [1.82, 2.24) is 0 Å². The number of para-hydroxylation sites is 2. The molecule has 0 spiro atoms. The van der Waals surface area contributed by atoms with E-state index in [0.29, 0.717) is 12.3 Å². The van der Waals surface area contributed by atoms with Crippen LogP contribution in [0.5, 0.6) is 5.75 Å². The Kier molecular flexibility index (Phi) is 4.82. The van der Waals surface area contributed by atoms with Gasteiger partial charge in [-0.3, -0.25) is 0 Å². The normalized spacial score (nSPS) is 11.9. The van der Waals surface area contributed by atoms with Crippen LogP contribution in [0.4, 0.5) is 5.69 Å². The number of ether oxygens (including phenoxy) is 1. The summed E-state index contributed by atoms with van der Waals surface area (Å²) in [4.78, 5) is 13.0. The largest absolute Gasteiger partial charge is 0.495 e. The molecule has 0 amide bonds. The number of carboxylic acids is 1. The summed E-state index contributed by atoms with van der Waals surface area (Å²) in [6, 6.07) is 6.92. The van der Waals surface area contributed by atoms with E-state index >= 15 is 0 Å². The molecule has 4 heteroatoms. The SMILES string of the molecule is CCCN(c1ccccc1OC)[C@H](C)C(=O)O. The first kappa shape index (κ1) is 13.4. The number of nitrogens with zero attached hydrogens (tertiary/aromatic N) is 1. The fourth-order valence-electron chi connectivity index (χ4n) is 1.76. The highest BCUT2D eigenvalue weighted by Crippen LogP contribution is 2.29. The van der Waals surface area contributed by atoms with Gasteiger partial charge in [0.15, 0.2) is 0 Å². The lowest BCUT2D eigenvalue weighted by Crippen LogP contribution is -2.39. The third-order valence-electron chi connectivity index (χ3n) is 2.68. The van der Waals surface area contributed by atoms with E-state index in [2.05, 4.69) is 0 Å². The van der Waals surface area contributed by atoms with E-state index in [1.54, 1.807) is 14.0 Å². The topological polar surface area (TPSA) is 49.8 Å². The Bertz CT molecular complexity index is 379. The highest BCUT2D eigenvalue weighted by molar-refractivity contribution is 5.78. The van der Waals surface area contributed by atoms with Crippen LogP contribution in [0, 0.1) is 0 Å². The molecule has 0 unspecified atom stereocenters. The fraction of sp³-hybridized carbons (Fsp3) is 0.462. The number of benzene rings is 1. The van der Waals surface area contributed by atoms with Crippen molar-refractivity contribution in [2.75, 3.05) is 18.6 Å². The predicted molar refractivity (Wildman–Crippen MR) is 67.7 cm³/mol. The molecule has 1 aromatic rings. The maximum atomic E-state index is 11.1. The molecule has 0 bridgehead atoms. The van der Waals surface area contributed by atoms with Gasteiger partial charge in [0.25, 0.3) is 0 Å². The van der Waals surface area contributed by atoms with Crippen molar-refractivity contribution < 1.29 is 14.6 Å². The molecule has 0 aliphatic rings. The molecule has 1 aromatic carbocycles. The molecule has 1 N–H and O–H groups in total. The summed E-state index contributed by atoms with van der Waals surface area (Å²) < 4.78 is 5.27. The average Bonchev–Trinajstić information content (AvgIpc) is 2.35. The summed E-state index contributed by atoms with van der Waals surface area (Å²) in [5.74, 6) is -0.126. The van der Waals surface area contributed by atoms with Crippen LogP contribution in [-0.2, 0) is 4.79 Å². The Morgan fingerprint density at radius 1 is 1.47 bits per heavy atom. The van der Waals surface area contributed by atoms with Crippen LogP contribution in [0.3, 0.4) is 0 Å². The predicted octanol–water partition coefficient (Wildman–Crippen LogP) is 2.38. The van der Waals surface area contributed by atoms with Gasteiger partial charge in [-0.05, 0) is 25.5 Å². The summed E-state index contributed by atoms with van der Waals surface area (Å²) in [6.07, 6.45) is 0.885. The second-order valence-electron chi connectivity index (χ2n) is 3.88. The standard InChI is InChI=1S/C13H19NO3/c1-4-9-14(10(2)13(15)16)11-7-5-6-8-12(11)17-3/h5-8,10H,4,9H2,1-3H3,(H,15,16)/t10-/m1/s1. The third-order valence-corrected chi connectivity index (χ3v) is 2.68. The first-order chi connectivity index (χ1) is 8.11. The van der Waals surface area contributed by atoms with Gasteiger partial charge in [0.05, 0.1) is 12.8 Å². The number of hydrogen-bond acceptors (Lipinski definition) is 3. The van der Waals surface area contributed by atoms with Crippen LogP contribution in [0.2, 0.25) is 0 Å². The second kappa shape index (κ2) is 6.13. The van der Waals surface area contributed by atoms with Crippen molar-refractivity contribution in [3.8, 4) is 5.75 Å². The van der Waals surface area contributed by atoms with Gasteiger partial charge in [0, 0.05) is 6.54 Å². The molecule has 0 radical (unpaired) electrons. The molecule has 94 valence electrons. The molecular weight excluding hydrogens is 218 g/mol. The van der Waals surface area contributed by atoms with Crippen LogP contribution in [-0.4, -0.2) is 30.8 Å². The van der Waals surface area contributed by atoms with Crippen molar-refractivity contribution in [2.45, 2.75) is 26.3 Å². The molecule has 4 nitrogen and oxygen atoms in total. The first-order valence-corrected chi connectivity index (χ1v) is 5.74. The minimum absolute atomic E-state index is 0.564. The Hall–Kier alpha value is -1.71. The minimum Gasteiger partial charge on any atom is -0.495 e. The number of carbonyl (C=O) groups is 1. The fourth-order valence-corrected chi connectivity index (χ4v) is 1.76. The van der Waals surface area contributed by atoms with E-state index in [1.807, 2.05) is 36.1 Å². The van der Waals surface area contributed by atoms with E-state index in [9.17, 15) is 4.79 Å². The number of aliphatic carboxylic acids is 1. The van der Waals surface area contributed by atoms with Crippen molar-refractivity contribution in [2.24, 2.45) is 0 Å². The Morgan fingerprint density at radius 3 is 2.65 bits per heavy atom. The summed E-state index contributed by atoms with van der Waals surface area (Å²) in [5, 5.41) is 9.12. The molecular formula is C13H19NO3. The van der Waals surface area contributed by atoms with E-state index in [0.717, 1.165) is 12.1 Å². The Labute approximate surface area is 102 Å². The number of rotatable bonds is 6. The first-order valence-electron chi connectivity index (χ1n) is 5.74. The summed E-state index contributed by atoms with van der Waals surface area (Å²) in [5.41, 5.74) is 0.826. The zero-order valence-electron chi connectivity index (χ0n) is 10.5. The van der Waals surface area contributed by atoms with Crippen molar-refractivity contribution in [1.29, 1.82) is 0 Å². The zero-order valence-corrected chi connectivity index (χ0v) is 10.5. The lowest BCUT2D eigenvalue weighted by Gasteiger charge is -2.29. The van der Waals surface area contributed by atoms with Gasteiger partial charge < -0.3 is 14.7 Å². The zero-order chi connectivity index (χ0) is 12.8. The molecule has 0 fully saturated rings. The molecule has 0 saturated carbocycles. The van der Waals surface area contributed by atoms with Crippen LogP contribution in [0.25, 0.3) is 0 Å². The van der Waals surface area contributed by atoms with Gasteiger partial charge in [0.2, 0.25) is 0 Å². The summed E-state index contributed by atoms with van der Waals surface area (Å²) in [7, 11) is 1.59. The Balaban J connectivity index is 3.08. The van der Waals surface area contributed by atoms with Gasteiger partial charge >= 0.3 is 5.97 Å². The smallest absolute Gasteiger partial charge is 0.326 e. The number of carboxylic acid groups (broad SMARTS) is 1. The van der Waals surface area contributed by atoms with Crippen molar-refractivity contribution in [3.05, 3.63) is 24.3 Å². The molecule has 0 aromatic heterocycles. The maximum Gasteiger partial charge on any atom is 0.326 e. The van der Waals surface area contributed by atoms with E-state index in [-0.39, 0.29) is 0 Å². The average molecular weight is 237 g/mol. The quantitative estimate of drug-likeness (QED) is 0.825. The number of methoxy groups -OCH3 is 1. The van der Waals surface area contributed by atoms with Crippen LogP contribution in [0.15, 0.2) is 24.3 Å². The van der Waals surface area contributed by atoms with Gasteiger partial charge in [-0.25, -0.2) is 4.79 Å². The highest BCUT2D eigenvalue weighted by Gasteiger charge is 2.22. The van der Waals surface area contributed by atoms with Gasteiger partial charge in [-0.15, -0.1) is 0 Å². The third kappa shape index (κ3) is 3.12. The molecule has 0 aliphatic heterocycles. The number of anilines is 1. The van der Waals surface area contributed by atoms with Crippen LogP contribution < -0.4 is 9.64 Å². The van der Waals surface area contributed by atoms with Crippen molar-refractivity contribution >= 4 is 11.7 Å². The van der Waals surface area contributed by atoms with Crippen molar-refractivity contribution in [3.63, 3.8) is 0 Å². The minimum atomic E-state index is -0.829. The molecule has 0 saturated heterocycles. The van der Waals surface area contributed by atoms with Gasteiger partial charge in [-0.2, -0.15) is 0 Å².